The molecule has 1 unspecified atom stereocenters. The molecule has 0 radical (unpaired) electrons. The average Bonchev–Trinajstić information content (AvgIpc) is 2.29. The van der Waals surface area contributed by atoms with Crippen molar-refractivity contribution in [3.63, 3.8) is 0 Å². The van der Waals surface area contributed by atoms with E-state index in [-0.39, 0.29) is 11.8 Å². The molecule has 1 aromatic carbocycles. The van der Waals surface area contributed by atoms with Gasteiger partial charge in [-0.05, 0) is 43.2 Å². The van der Waals surface area contributed by atoms with E-state index >= 15 is 0 Å². The number of phenols is 1. The van der Waals surface area contributed by atoms with Crippen LogP contribution >= 0.6 is 0 Å². The summed E-state index contributed by atoms with van der Waals surface area (Å²) in [5.74, 6) is 0.270. The van der Waals surface area contributed by atoms with Gasteiger partial charge in [0.1, 0.15) is 5.75 Å². The molecule has 1 aromatic heterocycles. The Bertz CT molecular complexity index is 511. The molecule has 88 valence electrons. The van der Waals surface area contributed by atoms with Gasteiger partial charge in [-0.15, -0.1) is 0 Å². The Morgan fingerprint density at radius 1 is 1.24 bits per heavy atom. The fourth-order valence-corrected chi connectivity index (χ4v) is 1.81. The van der Waals surface area contributed by atoms with E-state index in [4.69, 9.17) is 5.73 Å². The third-order valence-corrected chi connectivity index (χ3v) is 2.66. The Morgan fingerprint density at radius 3 is 2.71 bits per heavy atom. The van der Waals surface area contributed by atoms with Gasteiger partial charge < -0.3 is 10.8 Å². The minimum absolute atomic E-state index is 0.142. The molecule has 1 atom stereocenters. The zero-order chi connectivity index (χ0) is 12.3. The van der Waals surface area contributed by atoms with E-state index in [2.05, 4.69) is 4.98 Å². The summed E-state index contributed by atoms with van der Waals surface area (Å²) in [5, 5.41) is 9.38. The van der Waals surface area contributed by atoms with Crippen LogP contribution in [0.1, 0.15) is 23.0 Å². The minimum Gasteiger partial charge on any atom is -0.508 e. The summed E-state index contributed by atoms with van der Waals surface area (Å²) in [5.41, 5.74) is 8.97. The molecule has 17 heavy (non-hydrogen) atoms. The molecule has 1 heterocycles. The normalized spacial score (nSPS) is 12.4. The van der Waals surface area contributed by atoms with Crippen molar-refractivity contribution >= 4 is 0 Å². The Morgan fingerprint density at radius 2 is 2.00 bits per heavy atom. The lowest BCUT2D eigenvalue weighted by Gasteiger charge is -2.11. The van der Waals surface area contributed by atoms with Gasteiger partial charge in [-0.1, -0.05) is 18.2 Å². The number of nitrogens with two attached hydrogens (primary N) is 1. The standard InChI is InChI=1S/C14H16N2O/c1-10-4-2-7-14(16-10)13(15)9-11-5-3-6-12(17)8-11/h2-8,13,17H,9,15H2,1H3. The number of pyridine rings is 1. The summed E-state index contributed by atoms with van der Waals surface area (Å²) >= 11 is 0. The van der Waals surface area contributed by atoms with E-state index < -0.39 is 0 Å². The molecule has 2 aromatic rings. The number of nitrogens with zero attached hydrogens (tertiary/aromatic N) is 1. The largest absolute Gasteiger partial charge is 0.508 e. The molecule has 0 saturated heterocycles. The smallest absolute Gasteiger partial charge is 0.115 e. The van der Waals surface area contributed by atoms with Gasteiger partial charge in [0.2, 0.25) is 0 Å². The molecule has 2 rings (SSSR count). The monoisotopic (exact) mass is 228 g/mol. The second-order valence-corrected chi connectivity index (χ2v) is 4.18. The molecule has 3 heteroatoms. The number of hydrogen-bond donors (Lipinski definition) is 2. The lowest BCUT2D eigenvalue weighted by Crippen LogP contribution is -2.15. The van der Waals surface area contributed by atoms with Gasteiger partial charge in [0.15, 0.2) is 0 Å². The van der Waals surface area contributed by atoms with Gasteiger partial charge in [-0.25, -0.2) is 0 Å². The van der Waals surface area contributed by atoms with Crippen LogP contribution in [0.4, 0.5) is 0 Å². The molecular formula is C14H16N2O. The van der Waals surface area contributed by atoms with E-state index in [0.29, 0.717) is 6.42 Å². The molecule has 0 aliphatic carbocycles. The van der Waals surface area contributed by atoms with Gasteiger partial charge in [-0.3, -0.25) is 4.98 Å². The van der Waals surface area contributed by atoms with E-state index in [1.807, 2.05) is 37.3 Å². The van der Waals surface area contributed by atoms with Gasteiger partial charge in [0.25, 0.3) is 0 Å². The van der Waals surface area contributed by atoms with Crippen molar-refractivity contribution in [2.45, 2.75) is 19.4 Å². The average molecular weight is 228 g/mol. The van der Waals surface area contributed by atoms with E-state index in [0.717, 1.165) is 17.0 Å². The van der Waals surface area contributed by atoms with Crippen molar-refractivity contribution in [1.29, 1.82) is 0 Å². The van der Waals surface area contributed by atoms with Crippen molar-refractivity contribution < 1.29 is 5.11 Å². The van der Waals surface area contributed by atoms with Crippen molar-refractivity contribution in [2.24, 2.45) is 5.73 Å². The number of aromatic hydroxyl groups is 1. The maximum absolute atomic E-state index is 9.38. The van der Waals surface area contributed by atoms with E-state index in [9.17, 15) is 5.11 Å². The third kappa shape index (κ3) is 3.04. The predicted molar refractivity (Wildman–Crippen MR) is 67.7 cm³/mol. The summed E-state index contributed by atoms with van der Waals surface area (Å²) in [7, 11) is 0. The third-order valence-electron chi connectivity index (χ3n) is 2.66. The SMILES string of the molecule is Cc1cccc(C(N)Cc2cccc(O)c2)n1. The first-order valence-electron chi connectivity index (χ1n) is 5.62. The molecule has 0 spiro atoms. The van der Waals surface area contributed by atoms with Crippen molar-refractivity contribution in [3.05, 3.63) is 59.4 Å². The number of rotatable bonds is 3. The van der Waals surface area contributed by atoms with Gasteiger partial charge >= 0.3 is 0 Å². The molecule has 0 saturated carbocycles. The van der Waals surface area contributed by atoms with Crippen LogP contribution in [0.2, 0.25) is 0 Å². The van der Waals surface area contributed by atoms with E-state index in [1.54, 1.807) is 12.1 Å². The van der Waals surface area contributed by atoms with Crippen LogP contribution in [0.15, 0.2) is 42.5 Å². The molecule has 3 N–H and O–H groups in total. The Balaban J connectivity index is 2.14. The number of aromatic nitrogens is 1. The lowest BCUT2D eigenvalue weighted by molar-refractivity contribution is 0.474. The summed E-state index contributed by atoms with van der Waals surface area (Å²) in [6, 6.07) is 12.9. The number of benzene rings is 1. The number of phenolic OH excluding ortho intramolecular Hbond substituents is 1. The van der Waals surface area contributed by atoms with Crippen molar-refractivity contribution in [2.75, 3.05) is 0 Å². The highest BCUT2D eigenvalue weighted by atomic mass is 16.3. The zero-order valence-corrected chi connectivity index (χ0v) is 9.80. The highest BCUT2D eigenvalue weighted by molar-refractivity contribution is 5.28. The first-order valence-corrected chi connectivity index (χ1v) is 5.62. The zero-order valence-electron chi connectivity index (χ0n) is 9.80. The highest BCUT2D eigenvalue weighted by Gasteiger charge is 2.08. The predicted octanol–water partition coefficient (Wildman–Crippen LogP) is 2.34. The van der Waals surface area contributed by atoms with Crippen LogP contribution in [-0.4, -0.2) is 10.1 Å². The topological polar surface area (TPSA) is 59.1 Å². The highest BCUT2D eigenvalue weighted by Crippen LogP contribution is 2.17. The van der Waals surface area contributed by atoms with Crippen LogP contribution in [-0.2, 0) is 6.42 Å². The van der Waals surface area contributed by atoms with Crippen LogP contribution in [0.5, 0.6) is 5.75 Å². The molecule has 0 aliphatic rings. The summed E-state index contributed by atoms with van der Waals surface area (Å²) in [4.78, 5) is 4.40. The fraction of sp³-hybridized carbons (Fsp3) is 0.214. The Labute approximate surface area is 101 Å². The molecule has 0 aliphatic heterocycles. The quantitative estimate of drug-likeness (QED) is 0.847. The second-order valence-electron chi connectivity index (χ2n) is 4.18. The van der Waals surface area contributed by atoms with Crippen molar-refractivity contribution in [3.8, 4) is 5.75 Å². The number of hydrogen-bond acceptors (Lipinski definition) is 3. The first kappa shape index (κ1) is 11.6. The van der Waals surface area contributed by atoms with E-state index in [1.165, 1.54) is 0 Å². The molecule has 3 nitrogen and oxygen atoms in total. The van der Waals surface area contributed by atoms with Gasteiger partial charge in [-0.2, -0.15) is 0 Å². The summed E-state index contributed by atoms with van der Waals surface area (Å²) < 4.78 is 0. The van der Waals surface area contributed by atoms with Gasteiger partial charge in [0.05, 0.1) is 11.7 Å². The van der Waals surface area contributed by atoms with Crippen LogP contribution < -0.4 is 5.73 Å². The maximum atomic E-state index is 9.38. The molecule has 0 bridgehead atoms. The molecular weight excluding hydrogens is 212 g/mol. The maximum Gasteiger partial charge on any atom is 0.115 e. The van der Waals surface area contributed by atoms with Crippen LogP contribution in [0.25, 0.3) is 0 Å². The summed E-state index contributed by atoms with van der Waals surface area (Å²) in [6.45, 7) is 1.95. The summed E-state index contributed by atoms with van der Waals surface area (Å²) in [6.07, 6.45) is 0.671. The van der Waals surface area contributed by atoms with Gasteiger partial charge in [0, 0.05) is 5.69 Å². The first-order chi connectivity index (χ1) is 8.15. The second kappa shape index (κ2) is 4.97. The Hall–Kier alpha value is -1.87. The number of aryl methyl sites for hydroxylation is 1. The van der Waals surface area contributed by atoms with Crippen LogP contribution in [0, 0.1) is 6.92 Å². The van der Waals surface area contributed by atoms with Crippen molar-refractivity contribution in [1.82, 2.24) is 4.98 Å². The minimum atomic E-state index is -0.142. The fourth-order valence-electron chi connectivity index (χ4n) is 1.81. The Kier molecular flexibility index (Phi) is 3.40. The van der Waals surface area contributed by atoms with Crippen LogP contribution in [0.3, 0.4) is 0 Å². The lowest BCUT2D eigenvalue weighted by atomic mass is 10.0. The molecule has 0 amide bonds. The molecule has 0 fully saturated rings.